The number of nitrogens with one attached hydrogen (secondary N) is 3. The van der Waals surface area contributed by atoms with E-state index in [-0.39, 0.29) is 16.7 Å². The van der Waals surface area contributed by atoms with Gasteiger partial charge in [-0.15, -0.1) is 11.3 Å². The molecule has 2 aromatic rings. The van der Waals surface area contributed by atoms with Gasteiger partial charge in [-0.3, -0.25) is 15.6 Å². The Kier molecular flexibility index (Phi) is 5.62. The van der Waals surface area contributed by atoms with E-state index < -0.39 is 5.82 Å². The minimum absolute atomic E-state index is 0.0964. The lowest BCUT2D eigenvalue weighted by Gasteiger charge is -2.10. The molecule has 114 valence electrons. The number of aryl methyl sites for hydroxylation is 1. The summed E-state index contributed by atoms with van der Waals surface area (Å²) < 4.78 is 13.4. The van der Waals surface area contributed by atoms with Crippen LogP contribution in [0.3, 0.4) is 0 Å². The summed E-state index contributed by atoms with van der Waals surface area (Å²) in [5.74, 6) is -0.781. The molecule has 0 saturated heterocycles. The molecule has 7 heteroatoms. The van der Waals surface area contributed by atoms with Crippen LogP contribution in [0.5, 0.6) is 0 Å². The van der Waals surface area contributed by atoms with Gasteiger partial charge in [-0.25, -0.2) is 4.39 Å². The van der Waals surface area contributed by atoms with Crippen LogP contribution in [0.15, 0.2) is 41.8 Å². The number of thiocarbonyl (C=S) groups is 1. The molecule has 2 rings (SSSR count). The summed E-state index contributed by atoms with van der Waals surface area (Å²) in [5.41, 5.74) is 6.26. The molecule has 1 amide bonds. The van der Waals surface area contributed by atoms with Crippen LogP contribution < -0.4 is 16.2 Å². The molecule has 0 radical (unpaired) electrons. The molecule has 1 aromatic heterocycles. The van der Waals surface area contributed by atoms with Crippen molar-refractivity contribution in [3.05, 3.63) is 58.0 Å². The zero-order valence-corrected chi connectivity index (χ0v) is 13.4. The number of anilines is 1. The van der Waals surface area contributed by atoms with Gasteiger partial charge < -0.3 is 5.32 Å². The lowest BCUT2D eigenvalue weighted by Crippen LogP contribution is -2.43. The van der Waals surface area contributed by atoms with Crippen molar-refractivity contribution in [1.29, 1.82) is 0 Å². The standard InChI is InChI=1S/C15H14FN3OS2/c1-10-8-9-22-13(10)6-7-14(20)18-19-15(21)17-12-5-3-2-4-11(12)16/h2-9H,1H3,(H,18,20)(H2,17,19,21)/b7-6+. The predicted molar refractivity (Wildman–Crippen MR) is 92.0 cm³/mol. The van der Waals surface area contributed by atoms with Crippen LogP contribution in [0, 0.1) is 12.7 Å². The highest BCUT2D eigenvalue weighted by Crippen LogP contribution is 2.16. The molecule has 1 aromatic carbocycles. The van der Waals surface area contributed by atoms with E-state index in [1.807, 2.05) is 18.4 Å². The first-order chi connectivity index (χ1) is 10.6. The maximum absolute atomic E-state index is 13.4. The zero-order valence-electron chi connectivity index (χ0n) is 11.7. The maximum atomic E-state index is 13.4. The molecule has 22 heavy (non-hydrogen) atoms. The summed E-state index contributed by atoms with van der Waals surface area (Å²) in [7, 11) is 0. The zero-order chi connectivity index (χ0) is 15.9. The average molecular weight is 335 g/mol. The van der Waals surface area contributed by atoms with Crippen molar-refractivity contribution in [2.45, 2.75) is 6.92 Å². The first-order valence-electron chi connectivity index (χ1n) is 6.40. The SMILES string of the molecule is Cc1ccsc1/C=C/C(=O)NNC(=S)Nc1ccccc1F. The van der Waals surface area contributed by atoms with Crippen molar-refractivity contribution in [1.82, 2.24) is 10.9 Å². The highest BCUT2D eigenvalue weighted by molar-refractivity contribution is 7.80. The van der Waals surface area contributed by atoms with Crippen LogP contribution in [0.1, 0.15) is 10.4 Å². The largest absolute Gasteiger partial charge is 0.329 e. The van der Waals surface area contributed by atoms with E-state index in [0.717, 1.165) is 10.4 Å². The fraction of sp³-hybridized carbons (Fsp3) is 0.0667. The quantitative estimate of drug-likeness (QED) is 0.458. The number of hydrazine groups is 1. The number of carbonyl (C=O) groups excluding carboxylic acids is 1. The lowest BCUT2D eigenvalue weighted by atomic mass is 10.3. The van der Waals surface area contributed by atoms with Crippen LogP contribution in [0.25, 0.3) is 6.08 Å². The molecule has 0 bridgehead atoms. The van der Waals surface area contributed by atoms with Gasteiger partial charge in [-0.1, -0.05) is 12.1 Å². The van der Waals surface area contributed by atoms with Crippen LogP contribution in [0.4, 0.5) is 10.1 Å². The van der Waals surface area contributed by atoms with Gasteiger partial charge in [0.05, 0.1) is 5.69 Å². The molecule has 0 aliphatic rings. The van der Waals surface area contributed by atoms with Gasteiger partial charge in [0.25, 0.3) is 5.91 Å². The molecular formula is C15H14FN3OS2. The third-order valence-corrected chi connectivity index (χ3v) is 3.90. The third-order valence-electron chi connectivity index (χ3n) is 2.71. The van der Waals surface area contributed by atoms with Gasteiger partial charge >= 0.3 is 0 Å². The minimum Gasteiger partial charge on any atom is -0.329 e. The number of thiophene rings is 1. The van der Waals surface area contributed by atoms with Crippen LogP contribution >= 0.6 is 23.6 Å². The van der Waals surface area contributed by atoms with E-state index in [4.69, 9.17) is 12.2 Å². The van der Waals surface area contributed by atoms with E-state index in [1.54, 1.807) is 35.6 Å². The van der Waals surface area contributed by atoms with Crippen LogP contribution in [-0.2, 0) is 4.79 Å². The van der Waals surface area contributed by atoms with Gasteiger partial charge in [0.2, 0.25) is 0 Å². The van der Waals surface area contributed by atoms with Gasteiger partial charge in [-0.2, -0.15) is 0 Å². The Bertz CT molecular complexity index is 712. The number of halogens is 1. The number of para-hydroxylation sites is 1. The van der Waals surface area contributed by atoms with Crippen LogP contribution in [-0.4, -0.2) is 11.0 Å². The summed E-state index contributed by atoms with van der Waals surface area (Å²) >= 11 is 6.53. The van der Waals surface area contributed by atoms with E-state index in [9.17, 15) is 9.18 Å². The molecule has 0 unspecified atom stereocenters. The Morgan fingerprint density at radius 1 is 1.27 bits per heavy atom. The Labute approximate surface area is 137 Å². The van der Waals surface area contributed by atoms with E-state index in [0.29, 0.717) is 0 Å². The molecule has 0 fully saturated rings. The van der Waals surface area contributed by atoms with Crippen molar-refractivity contribution in [2.75, 3.05) is 5.32 Å². The number of hydrogen-bond donors (Lipinski definition) is 3. The molecule has 3 N–H and O–H groups in total. The molecule has 0 aliphatic carbocycles. The summed E-state index contributed by atoms with van der Waals surface area (Å²) in [5, 5.41) is 4.71. The van der Waals surface area contributed by atoms with E-state index in [1.165, 1.54) is 12.1 Å². The summed E-state index contributed by atoms with van der Waals surface area (Å²) in [4.78, 5) is 12.7. The number of rotatable bonds is 3. The van der Waals surface area contributed by atoms with E-state index >= 15 is 0 Å². The number of amides is 1. The summed E-state index contributed by atoms with van der Waals surface area (Å²) in [6.07, 6.45) is 3.13. The highest BCUT2D eigenvalue weighted by atomic mass is 32.1. The monoisotopic (exact) mass is 335 g/mol. The maximum Gasteiger partial charge on any atom is 0.262 e. The lowest BCUT2D eigenvalue weighted by molar-refractivity contribution is -0.116. The fourth-order valence-electron chi connectivity index (χ4n) is 1.58. The average Bonchev–Trinajstić information content (AvgIpc) is 2.91. The second kappa shape index (κ2) is 7.67. The molecule has 1 heterocycles. The van der Waals surface area contributed by atoms with E-state index in [2.05, 4.69) is 16.2 Å². The third kappa shape index (κ3) is 4.64. The second-order valence-electron chi connectivity index (χ2n) is 4.35. The van der Waals surface area contributed by atoms with Crippen LogP contribution in [0.2, 0.25) is 0 Å². The summed E-state index contributed by atoms with van der Waals surface area (Å²) in [6.45, 7) is 1.97. The number of benzene rings is 1. The van der Waals surface area contributed by atoms with Gasteiger partial charge in [0.1, 0.15) is 5.82 Å². The molecule has 0 saturated carbocycles. The molecule has 0 spiro atoms. The normalized spacial score (nSPS) is 10.5. The van der Waals surface area contributed by atoms with Gasteiger partial charge in [0, 0.05) is 11.0 Å². The smallest absolute Gasteiger partial charge is 0.262 e. The first-order valence-corrected chi connectivity index (χ1v) is 7.69. The number of carbonyl (C=O) groups is 1. The molecule has 4 nitrogen and oxygen atoms in total. The Morgan fingerprint density at radius 2 is 2.05 bits per heavy atom. The minimum atomic E-state index is -0.425. The van der Waals surface area contributed by atoms with Crippen molar-refractivity contribution in [3.8, 4) is 0 Å². The van der Waals surface area contributed by atoms with Gasteiger partial charge in [-0.05, 0) is 54.4 Å². The van der Waals surface area contributed by atoms with Crippen molar-refractivity contribution in [2.24, 2.45) is 0 Å². The predicted octanol–water partition coefficient (Wildman–Crippen LogP) is 3.23. The highest BCUT2D eigenvalue weighted by Gasteiger charge is 2.03. The Morgan fingerprint density at radius 3 is 2.73 bits per heavy atom. The summed E-state index contributed by atoms with van der Waals surface area (Å²) in [6, 6.07) is 8.10. The molecular weight excluding hydrogens is 321 g/mol. The second-order valence-corrected chi connectivity index (χ2v) is 5.71. The fourth-order valence-corrected chi connectivity index (χ4v) is 2.56. The topological polar surface area (TPSA) is 53.2 Å². The van der Waals surface area contributed by atoms with Crippen molar-refractivity contribution < 1.29 is 9.18 Å². The Hall–Kier alpha value is -2.25. The van der Waals surface area contributed by atoms with Crippen molar-refractivity contribution >= 4 is 46.3 Å². The molecule has 0 atom stereocenters. The van der Waals surface area contributed by atoms with Gasteiger partial charge in [0.15, 0.2) is 5.11 Å². The number of hydrogen-bond acceptors (Lipinski definition) is 3. The van der Waals surface area contributed by atoms with Crippen molar-refractivity contribution in [3.63, 3.8) is 0 Å². The molecule has 0 aliphatic heterocycles. The first kappa shape index (κ1) is 16.1. The Balaban J connectivity index is 1.81.